The summed E-state index contributed by atoms with van der Waals surface area (Å²) in [5.41, 5.74) is 0. The van der Waals surface area contributed by atoms with Gasteiger partial charge in [0.15, 0.2) is 6.10 Å². The van der Waals surface area contributed by atoms with Gasteiger partial charge < -0.3 is 14.2 Å². The van der Waals surface area contributed by atoms with Gasteiger partial charge in [0.1, 0.15) is 13.2 Å². The van der Waals surface area contributed by atoms with Gasteiger partial charge in [-0.1, -0.05) is 270 Å². The van der Waals surface area contributed by atoms with Gasteiger partial charge in [0.05, 0.1) is 0 Å². The van der Waals surface area contributed by atoms with E-state index in [1.54, 1.807) is 0 Å². The number of unbranched alkanes of at least 4 members (excludes halogenated alkanes) is 22. The summed E-state index contributed by atoms with van der Waals surface area (Å²) in [6, 6.07) is 0. The fourth-order valence-electron chi connectivity index (χ4n) is 7.56. The van der Waals surface area contributed by atoms with Crippen LogP contribution in [0, 0.1) is 0 Å². The van der Waals surface area contributed by atoms with Gasteiger partial charge >= 0.3 is 17.9 Å². The molecule has 0 bridgehead atoms. The standard InChI is InChI=1S/C65H104O6/c1-4-7-10-13-16-19-22-25-28-31-32-35-37-40-43-46-49-52-55-58-64(67)70-61-62(71-65(68)59-56-53-50-47-44-41-38-34-30-27-24-21-18-15-12-9-6-3)60-69-63(66)57-54-51-48-45-42-39-36-33-29-26-23-20-17-14-11-8-5-2/h7,9-10,12,15-16,18-19,21,24-25,27-28,30,32,34-35,38,40-41,43-44,62H,4-6,8,11,13-14,17,20,22-23,26,29,31,33,36-37,39,42,45-61H2,1-3H3/b10-7-,12-9-,18-15-,19-16-,24-21-,28-25-,30-27-,35-32-,38-34+,43-40-,44-41-. The minimum absolute atomic E-state index is 0.110. The Bertz CT molecular complexity index is 1550. The Labute approximate surface area is 436 Å². The van der Waals surface area contributed by atoms with Gasteiger partial charge in [0, 0.05) is 19.3 Å². The highest BCUT2D eigenvalue weighted by Crippen LogP contribution is 2.15. The zero-order valence-electron chi connectivity index (χ0n) is 45.7. The van der Waals surface area contributed by atoms with Crippen LogP contribution in [0.2, 0.25) is 0 Å². The predicted octanol–water partition coefficient (Wildman–Crippen LogP) is 19.4. The topological polar surface area (TPSA) is 78.9 Å². The fourth-order valence-corrected chi connectivity index (χ4v) is 7.56. The molecule has 6 heteroatoms. The van der Waals surface area contributed by atoms with Crippen molar-refractivity contribution < 1.29 is 28.6 Å². The molecular formula is C65H104O6. The van der Waals surface area contributed by atoms with Gasteiger partial charge in [-0.25, -0.2) is 0 Å². The number of esters is 3. The maximum atomic E-state index is 12.9. The van der Waals surface area contributed by atoms with Gasteiger partial charge in [-0.3, -0.25) is 14.4 Å². The van der Waals surface area contributed by atoms with Crippen LogP contribution >= 0.6 is 0 Å². The maximum absolute atomic E-state index is 12.9. The third-order valence-corrected chi connectivity index (χ3v) is 11.8. The van der Waals surface area contributed by atoms with E-state index in [1.807, 2.05) is 60.8 Å². The molecule has 0 rings (SSSR count). The third-order valence-electron chi connectivity index (χ3n) is 11.8. The fraction of sp³-hybridized carbons (Fsp3) is 0.615. The van der Waals surface area contributed by atoms with E-state index in [2.05, 4.69) is 93.7 Å². The Morgan fingerprint density at radius 1 is 0.310 bits per heavy atom. The Hall–Kier alpha value is -4.45. The molecule has 0 spiro atoms. The van der Waals surface area contributed by atoms with E-state index >= 15 is 0 Å². The van der Waals surface area contributed by atoms with Gasteiger partial charge in [-0.2, -0.15) is 0 Å². The van der Waals surface area contributed by atoms with Gasteiger partial charge in [-0.15, -0.1) is 0 Å². The summed E-state index contributed by atoms with van der Waals surface area (Å²) in [5, 5.41) is 0. The van der Waals surface area contributed by atoms with Crippen molar-refractivity contribution in [3.63, 3.8) is 0 Å². The molecule has 6 nitrogen and oxygen atoms in total. The van der Waals surface area contributed by atoms with E-state index in [4.69, 9.17) is 14.2 Å². The Kier molecular flexibility index (Phi) is 54.5. The molecule has 0 aliphatic carbocycles. The number of allylic oxidation sites excluding steroid dienone is 22. The van der Waals surface area contributed by atoms with Crippen molar-refractivity contribution in [2.75, 3.05) is 13.2 Å². The lowest BCUT2D eigenvalue weighted by molar-refractivity contribution is -0.167. The van der Waals surface area contributed by atoms with E-state index < -0.39 is 6.10 Å². The summed E-state index contributed by atoms with van der Waals surface area (Å²) in [6.07, 6.45) is 81.5. The zero-order valence-corrected chi connectivity index (χ0v) is 45.7. The van der Waals surface area contributed by atoms with Gasteiger partial charge in [-0.05, 0) is 83.5 Å². The molecule has 1 unspecified atom stereocenters. The number of hydrogen-bond donors (Lipinski definition) is 0. The highest BCUT2D eigenvalue weighted by Gasteiger charge is 2.19. The molecule has 0 aromatic rings. The molecule has 0 N–H and O–H groups in total. The molecule has 400 valence electrons. The number of carbonyl (C=O) groups is 3. The van der Waals surface area contributed by atoms with E-state index in [0.717, 1.165) is 103 Å². The summed E-state index contributed by atoms with van der Waals surface area (Å²) >= 11 is 0. The average molecular weight is 982 g/mol. The summed E-state index contributed by atoms with van der Waals surface area (Å²) in [5.74, 6) is -0.988. The van der Waals surface area contributed by atoms with Crippen LogP contribution in [0.1, 0.15) is 239 Å². The average Bonchev–Trinajstić information content (AvgIpc) is 3.37. The zero-order chi connectivity index (χ0) is 51.4. The monoisotopic (exact) mass is 981 g/mol. The highest BCUT2D eigenvalue weighted by molar-refractivity contribution is 5.71. The van der Waals surface area contributed by atoms with Crippen LogP contribution in [0.25, 0.3) is 0 Å². The van der Waals surface area contributed by atoms with Gasteiger partial charge in [0.25, 0.3) is 0 Å². The van der Waals surface area contributed by atoms with Crippen molar-refractivity contribution in [3.05, 3.63) is 134 Å². The van der Waals surface area contributed by atoms with Crippen molar-refractivity contribution in [1.29, 1.82) is 0 Å². The lowest BCUT2D eigenvalue weighted by Gasteiger charge is -2.18. The number of carbonyl (C=O) groups excluding carboxylic acids is 3. The molecule has 0 saturated heterocycles. The predicted molar refractivity (Wildman–Crippen MR) is 306 cm³/mol. The lowest BCUT2D eigenvalue weighted by atomic mass is 10.0. The summed E-state index contributed by atoms with van der Waals surface area (Å²) in [7, 11) is 0. The van der Waals surface area contributed by atoms with Crippen molar-refractivity contribution >= 4 is 17.9 Å². The molecule has 0 amide bonds. The second-order valence-electron chi connectivity index (χ2n) is 18.6. The molecule has 1 atom stereocenters. The van der Waals surface area contributed by atoms with Crippen LogP contribution in [0.15, 0.2) is 134 Å². The molecule has 0 saturated carbocycles. The second-order valence-corrected chi connectivity index (χ2v) is 18.6. The lowest BCUT2D eigenvalue weighted by Crippen LogP contribution is -2.30. The minimum atomic E-state index is -0.819. The summed E-state index contributed by atoms with van der Waals surface area (Å²) in [4.78, 5) is 38.2. The normalized spacial score (nSPS) is 13.1. The first-order chi connectivity index (χ1) is 35.0. The molecule has 71 heavy (non-hydrogen) atoms. The number of ether oxygens (including phenoxy) is 3. The maximum Gasteiger partial charge on any atom is 0.306 e. The largest absolute Gasteiger partial charge is 0.462 e. The molecule has 0 aliphatic rings. The molecule has 0 aliphatic heterocycles. The van der Waals surface area contributed by atoms with E-state index in [1.165, 1.54) is 89.9 Å². The van der Waals surface area contributed by atoms with Crippen molar-refractivity contribution in [1.82, 2.24) is 0 Å². The van der Waals surface area contributed by atoms with Crippen molar-refractivity contribution in [2.24, 2.45) is 0 Å². The van der Waals surface area contributed by atoms with Crippen LogP contribution < -0.4 is 0 Å². The smallest absolute Gasteiger partial charge is 0.306 e. The highest BCUT2D eigenvalue weighted by atomic mass is 16.6. The minimum Gasteiger partial charge on any atom is -0.462 e. The van der Waals surface area contributed by atoms with Crippen molar-refractivity contribution in [3.8, 4) is 0 Å². The van der Waals surface area contributed by atoms with E-state index in [0.29, 0.717) is 19.3 Å². The van der Waals surface area contributed by atoms with Crippen LogP contribution in [0.3, 0.4) is 0 Å². The quantitative estimate of drug-likeness (QED) is 0.0199. The third kappa shape index (κ3) is 56.3. The van der Waals surface area contributed by atoms with Crippen molar-refractivity contribution in [2.45, 2.75) is 245 Å². The summed E-state index contributed by atoms with van der Waals surface area (Å²) in [6.45, 7) is 6.32. The van der Waals surface area contributed by atoms with Crippen LogP contribution in [0.4, 0.5) is 0 Å². The summed E-state index contributed by atoms with van der Waals surface area (Å²) < 4.78 is 16.8. The van der Waals surface area contributed by atoms with Crippen LogP contribution in [0.5, 0.6) is 0 Å². The molecular weight excluding hydrogens is 877 g/mol. The molecule has 0 aromatic heterocycles. The van der Waals surface area contributed by atoms with Gasteiger partial charge in [0.2, 0.25) is 0 Å². The number of rotatable bonds is 50. The second kappa shape index (κ2) is 58.1. The molecule has 0 fully saturated rings. The Balaban J connectivity index is 4.54. The van der Waals surface area contributed by atoms with Crippen LogP contribution in [-0.2, 0) is 28.6 Å². The first kappa shape index (κ1) is 66.6. The molecule has 0 radical (unpaired) electrons. The first-order valence-electron chi connectivity index (χ1n) is 28.8. The SMILES string of the molecule is CC\C=C/C=C\C=C/C=C\C=C\C=C/CCCCCC(=O)OC(COC(=O)CCCCC/C=C\C/C=C\C/C=C\C/C=C\C/C=C\CC)COC(=O)CCCCCCCCCCCCCCCCCCC. The first-order valence-corrected chi connectivity index (χ1v) is 28.8. The van der Waals surface area contributed by atoms with E-state index in [-0.39, 0.29) is 37.5 Å². The number of hydrogen-bond acceptors (Lipinski definition) is 6. The molecule has 0 heterocycles. The van der Waals surface area contributed by atoms with Crippen LogP contribution in [-0.4, -0.2) is 37.2 Å². The Morgan fingerprint density at radius 2 is 0.620 bits per heavy atom. The Morgan fingerprint density at radius 3 is 1.03 bits per heavy atom. The molecule has 0 aromatic carbocycles. The van der Waals surface area contributed by atoms with E-state index in [9.17, 15) is 14.4 Å².